The summed E-state index contributed by atoms with van der Waals surface area (Å²) in [6.45, 7) is 1.73. The molecule has 130 valence electrons. The summed E-state index contributed by atoms with van der Waals surface area (Å²) in [6.07, 6.45) is 1.82. The molecule has 1 aliphatic rings. The molecule has 2 rings (SSSR count). The van der Waals surface area contributed by atoms with Crippen molar-refractivity contribution in [3.63, 3.8) is 0 Å². The smallest absolute Gasteiger partial charge is 0.283 e. The Morgan fingerprint density at radius 2 is 2.17 bits per heavy atom. The fraction of sp³-hybridized carbons (Fsp3) is 0.538. The third kappa shape index (κ3) is 4.63. The first-order valence-electron chi connectivity index (χ1n) is 6.95. The van der Waals surface area contributed by atoms with Crippen molar-refractivity contribution in [1.29, 1.82) is 0 Å². The summed E-state index contributed by atoms with van der Waals surface area (Å²) in [5.41, 5.74) is -0.148. The van der Waals surface area contributed by atoms with Crippen LogP contribution in [0.1, 0.15) is 12.8 Å². The molecule has 7 nitrogen and oxygen atoms in total. The number of hydrogen-bond donors (Lipinski definition) is 1. The second-order valence-corrected chi connectivity index (χ2v) is 8.09. The molecule has 0 aliphatic carbocycles. The monoisotopic (exact) mass is 427 g/mol. The molecule has 1 atom stereocenters. The Morgan fingerprint density at radius 3 is 2.74 bits per heavy atom. The van der Waals surface area contributed by atoms with Gasteiger partial charge in [-0.05, 0) is 60.4 Å². The molecule has 0 aromatic heterocycles. The molecule has 1 fully saturated rings. The second kappa shape index (κ2) is 8.39. The molecule has 0 radical (unpaired) electrons. The van der Waals surface area contributed by atoms with Crippen molar-refractivity contribution < 1.29 is 13.3 Å². The number of nitro benzene ring substituents is 1. The lowest BCUT2D eigenvalue weighted by atomic mass is 10.00. The number of nitrogens with one attached hydrogen (secondary N) is 1. The molecule has 1 aromatic rings. The highest BCUT2D eigenvalue weighted by molar-refractivity contribution is 9.10. The maximum absolute atomic E-state index is 12.7. The topological polar surface area (TPSA) is 92.6 Å². The molecule has 10 heteroatoms. The minimum absolute atomic E-state index is 0. The minimum atomic E-state index is -3.63. The lowest BCUT2D eigenvalue weighted by Crippen LogP contribution is -2.42. The Labute approximate surface area is 150 Å². The normalized spacial score (nSPS) is 19.1. The number of halogens is 2. The van der Waals surface area contributed by atoms with Crippen LogP contribution in [-0.4, -0.2) is 44.3 Å². The summed E-state index contributed by atoms with van der Waals surface area (Å²) in [5.74, 6) is 0.287. The molecule has 1 heterocycles. The molecule has 1 aliphatic heterocycles. The lowest BCUT2D eigenvalue weighted by molar-refractivity contribution is -0.385. The Kier molecular flexibility index (Phi) is 7.40. The van der Waals surface area contributed by atoms with Crippen LogP contribution in [0.4, 0.5) is 5.69 Å². The van der Waals surface area contributed by atoms with Gasteiger partial charge in [-0.15, -0.1) is 12.4 Å². The predicted octanol–water partition coefficient (Wildman–Crippen LogP) is 2.40. The zero-order chi connectivity index (χ0) is 16.3. The van der Waals surface area contributed by atoms with Crippen LogP contribution in [0.5, 0.6) is 0 Å². The van der Waals surface area contributed by atoms with Crippen LogP contribution in [0.25, 0.3) is 0 Å². The Balaban J connectivity index is 0.00000264. The summed E-state index contributed by atoms with van der Waals surface area (Å²) in [5, 5.41) is 13.9. The van der Waals surface area contributed by atoms with E-state index in [1.165, 1.54) is 22.5 Å². The number of nitro groups is 1. The molecule has 1 aromatic carbocycles. The largest absolute Gasteiger partial charge is 0.319 e. The molecular weight excluding hydrogens is 410 g/mol. The van der Waals surface area contributed by atoms with Crippen LogP contribution in [-0.2, 0) is 10.0 Å². The van der Waals surface area contributed by atoms with Gasteiger partial charge in [-0.1, -0.05) is 0 Å². The highest BCUT2D eigenvalue weighted by atomic mass is 79.9. The van der Waals surface area contributed by atoms with Crippen LogP contribution >= 0.6 is 28.3 Å². The average Bonchev–Trinajstić information content (AvgIpc) is 2.47. The maximum Gasteiger partial charge on any atom is 0.283 e. The zero-order valence-corrected chi connectivity index (χ0v) is 15.8. The quantitative estimate of drug-likeness (QED) is 0.574. The van der Waals surface area contributed by atoms with Gasteiger partial charge in [0.1, 0.15) is 0 Å². The summed E-state index contributed by atoms with van der Waals surface area (Å²) in [6, 6.07) is 3.81. The van der Waals surface area contributed by atoms with Gasteiger partial charge in [-0.3, -0.25) is 10.1 Å². The van der Waals surface area contributed by atoms with Gasteiger partial charge in [0.15, 0.2) is 0 Å². The number of rotatable bonds is 5. The Hall–Kier alpha value is -0.740. The Morgan fingerprint density at radius 1 is 1.48 bits per heavy atom. The fourth-order valence-electron chi connectivity index (χ4n) is 2.65. The van der Waals surface area contributed by atoms with Gasteiger partial charge < -0.3 is 5.32 Å². The standard InChI is InChI=1S/C13H18BrN3O4S.ClH/c1-15-8-10-3-2-6-16(9-10)22(20,21)11-4-5-13(17(18)19)12(14)7-11;/h4-5,7,10,15H,2-3,6,8-9H2,1H3;1H. The van der Waals surface area contributed by atoms with E-state index in [-0.39, 0.29) is 33.4 Å². The number of sulfonamides is 1. The number of benzene rings is 1. The van der Waals surface area contributed by atoms with E-state index >= 15 is 0 Å². The van der Waals surface area contributed by atoms with Gasteiger partial charge in [-0.25, -0.2) is 8.42 Å². The predicted molar refractivity (Wildman–Crippen MR) is 93.5 cm³/mol. The second-order valence-electron chi connectivity index (χ2n) is 5.30. The number of hydrogen-bond acceptors (Lipinski definition) is 5. The van der Waals surface area contributed by atoms with E-state index in [2.05, 4.69) is 21.2 Å². The van der Waals surface area contributed by atoms with Crippen molar-refractivity contribution in [3.05, 3.63) is 32.8 Å². The van der Waals surface area contributed by atoms with E-state index in [4.69, 9.17) is 0 Å². The Bertz CT molecular complexity index is 669. The SMILES string of the molecule is CNCC1CCCN(S(=O)(=O)c2ccc([N+](=O)[O-])c(Br)c2)C1.Cl. The molecule has 23 heavy (non-hydrogen) atoms. The van der Waals surface area contributed by atoms with E-state index in [9.17, 15) is 18.5 Å². The first kappa shape index (κ1) is 20.3. The van der Waals surface area contributed by atoms with Gasteiger partial charge in [0.05, 0.1) is 14.3 Å². The summed E-state index contributed by atoms with van der Waals surface area (Å²) < 4.78 is 27.0. The van der Waals surface area contributed by atoms with E-state index in [0.717, 1.165) is 19.4 Å². The van der Waals surface area contributed by atoms with E-state index in [1.54, 1.807) is 0 Å². The molecule has 1 unspecified atom stereocenters. The van der Waals surface area contributed by atoms with Crippen molar-refractivity contribution in [2.24, 2.45) is 5.92 Å². The molecule has 0 amide bonds. The maximum atomic E-state index is 12.7. The van der Waals surface area contributed by atoms with E-state index < -0.39 is 14.9 Å². The van der Waals surface area contributed by atoms with Gasteiger partial charge in [0.2, 0.25) is 10.0 Å². The molecular formula is C13H19BrClN3O4S. The highest BCUT2D eigenvalue weighted by Crippen LogP contribution is 2.30. The van der Waals surface area contributed by atoms with Crippen molar-refractivity contribution in [1.82, 2.24) is 9.62 Å². The summed E-state index contributed by atoms with van der Waals surface area (Å²) >= 11 is 3.07. The fourth-order valence-corrected chi connectivity index (χ4v) is 4.90. The lowest BCUT2D eigenvalue weighted by Gasteiger charge is -2.31. The first-order chi connectivity index (χ1) is 10.4. The number of nitrogens with zero attached hydrogens (tertiary/aromatic N) is 2. The molecule has 0 saturated carbocycles. The van der Waals surface area contributed by atoms with E-state index in [1.807, 2.05) is 7.05 Å². The average molecular weight is 429 g/mol. The van der Waals surface area contributed by atoms with E-state index in [0.29, 0.717) is 13.1 Å². The molecule has 1 saturated heterocycles. The van der Waals surface area contributed by atoms with Crippen molar-refractivity contribution in [2.45, 2.75) is 17.7 Å². The minimum Gasteiger partial charge on any atom is -0.319 e. The van der Waals surface area contributed by atoms with Gasteiger partial charge in [-0.2, -0.15) is 4.31 Å². The van der Waals surface area contributed by atoms with Crippen molar-refractivity contribution in [3.8, 4) is 0 Å². The third-order valence-corrected chi connectivity index (χ3v) is 6.22. The number of piperidine rings is 1. The van der Waals surface area contributed by atoms with Crippen molar-refractivity contribution in [2.75, 3.05) is 26.7 Å². The van der Waals surface area contributed by atoms with Crippen molar-refractivity contribution >= 4 is 44.0 Å². The molecule has 1 N–H and O–H groups in total. The third-order valence-electron chi connectivity index (χ3n) is 3.73. The molecule has 0 bridgehead atoms. The summed E-state index contributed by atoms with van der Waals surface area (Å²) in [4.78, 5) is 10.3. The van der Waals surface area contributed by atoms with Crippen LogP contribution in [0, 0.1) is 16.0 Å². The van der Waals surface area contributed by atoms with Crippen LogP contribution in [0.15, 0.2) is 27.6 Å². The van der Waals surface area contributed by atoms with Gasteiger partial charge in [0, 0.05) is 19.2 Å². The first-order valence-corrected chi connectivity index (χ1v) is 9.18. The highest BCUT2D eigenvalue weighted by Gasteiger charge is 2.30. The van der Waals surface area contributed by atoms with Crippen LogP contribution in [0.2, 0.25) is 0 Å². The van der Waals surface area contributed by atoms with Gasteiger partial charge >= 0.3 is 0 Å². The van der Waals surface area contributed by atoms with Crippen LogP contribution in [0.3, 0.4) is 0 Å². The van der Waals surface area contributed by atoms with Crippen LogP contribution < -0.4 is 5.32 Å². The zero-order valence-electron chi connectivity index (χ0n) is 12.6. The summed E-state index contributed by atoms with van der Waals surface area (Å²) in [7, 11) is -1.78. The molecule has 0 spiro atoms. The van der Waals surface area contributed by atoms with Gasteiger partial charge in [0.25, 0.3) is 5.69 Å².